The number of anilines is 2. The Morgan fingerprint density at radius 1 is 1.19 bits per heavy atom. The summed E-state index contributed by atoms with van der Waals surface area (Å²) >= 11 is 2.84. The van der Waals surface area contributed by atoms with Gasteiger partial charge in [0.25, 0.3) is 0 Å². The van der Waals surface area contributed by atoms with E-state index in [4.69, 9.17) is 0 Å². The third kappa shape index (κ3) is 5.30. The summed E-state index contributed by atoms with van der Waals surface area (Å²) in [5.74, 6) is 0.612. The fourth-order valence-electron chi connectivity index (χ4n) is 2.36. The van der Waals surface area contributed by atoms with E-state index in [9.17, 15) is 4.79 Å². The zero-order chi connectivity index (χ0) is 19.2. The normalized spacial score (nSPS) is 12.1. The highest BCUT2D eigenvalue weighted by Crippen LogP contribution is 2.29. The molecule has 3 aromatic rings. The number of hydrogen-bond donors (Lipinski definition) is 2. The van der Waals surface area contributed by atoms with Crippen LogP contribution in [0.1, 0.15) is 32.4 Å². The molecule has 0 saturated heterocycles. The van der Waals surface area contributed by atoms with Crippen molar-refractivity contribution in [2.24, 2.45) is 0 Å². The Bertz CT molecular complexity index is 877. The molecule has 2 heterocycles. The third-order valence-corrected chi connectivity index (χ3v) is 5.82. The summed E-state index contributed by atoms with van der Waals surface area (Å²) in [5, 5.41) is 19.2. The molecule has 0 radical (unpaired) electrons. The van der Waals surface area contributed by atoms with Crippen molar-refractivity contribution in [2.75, 3.05) is 10.6 Å². The highest BCUT2D eigenvalue weighted by atomic mass is 32.2. The van der Waals surface area contributed by atoms with Gasteiger partial charge in [-0.3, -0.25) is 4.79 Å². The summed E-state index contributed by atoms with van der Waals surface area (Å²) in [6, 6.07) is 12.1. The maximum absolute atomic E-state index is 12.5. The van der Waals surface area contributed by atoms with E-state index in [1.165, 1.54) is 28.7 Å². The SMILES string of the molecule is CC(C)n1nccc1NC(=O)[C@H](C)Sc1nnc(NCc2ccccc2)s1. The number of carbonyl (C=O) groups is 1. The molecule has 1 amide bonds. The van der Waals surface area contributed by atoms with Crippen molar-refractivity contribution >= 4 is 40.0 Å². The van der Waals surface area contributed by atoms with E-state index in [1.54, 1.807) is 16.9 Å². The molecular formula is C18H22N6OS2. The molecule has 0 aliphatic carbocycles. The van der Waals surface area contributed by atoms with E-state index in [0.717, 1.165) is 9.47 Å². The lowest BCUT2D eigenvalue weighted by Gasteiger charge is -2.14. The minimum atomic E-state index is -0.296. The Balaban J connectivity index is 1.53. The Kier molecular flexibility index (Phi) is 6.46. The van der Waals surface area contributed by atoms with Gasteiger partial charge in [0.05, 0.1) is 11.4 Å². The van der Waals surface area contributed by atoms with Crippen molar-refractivity contribution in [3.05, 3.63) is 48.2 Å². The highest BCUT2D eigenvalue weighted by molar-refractivity contribution is 8.02. The van der Waals surface area contributed by atoms with Crippen LogP contribution in [0.2, 0.25) is 0 Å². The molecule has 2 N–H and O–H groups in total. The van der Waals surface area contributed by atoms with Crippen molar-refractivity contribution in [1.82, 2.24) is 20.0 Å². The van der Waals surface area contributed by atoms with Gasteiger partial charge in [-0.15, -0.1) is 10.2 Å². The molecule has 0 fully saturated rings. The summed E-state index contributed by atoms with van der Waals surface area (Å²) in [4.78, 5) is 12.5. The summed E-state index contributed by atoms with van der Waals surface area (Å²) in [6.07, 6.45) is 1.68. The quantitative estimate of drug-likeness (QED) is 0.553. The molecule has 9 heteroatoms. The summed E-state index contributed by atoms with van der Waals surface area (Å²) < 4.78 is 2.54. The molecule has 7 nitrogen and oxygen atoms in total. The van der Waals surface area contributed by atoms with Gasteiger partial charge in [-0.2, -0.15) is 5.10 Å². The Hall–Kier alpha value is -2.39. The van der Waals surface area contributed by atoms with Crippen molar-refractivity contribution in [2.45, 2.75) is 42.9 Å². The zero-order valence-corrected chi connectivity index (χ0v) is 17.0. The molecule has 0 aliphatic rings. The Labute approximate surface area is 166 Å². The van der Waals surface area contributed by atoms with Crippen LogP contribution in [-0.4, -0.2) is 31.1 Å². The topological polar surface area (TPSA) is 84.7 Å². The first kappa shape index (κ1) is 19.4. The first-order chi connectivity index (χ1) is 13.0. The lowest BCUT2D eigenvalue weighted by atomic mass is 10.2. The van der Waals surface area contributed by atoms with Gasteiger partial charge in [0.1, 0.15) is 5.82 Å². The van der Waals surface area contributed by atoms with Gasteiger partial charge in [-0.25, -0.2) is 4.68 Å². The fraction of sp³-hybridized carbons (Fsp3) is 0.333. The summed E-state index contributed by atoms with van der Waals surface area (Å²) in [7, 11) is 0. The van der Waals surface area contributed by atoms with Crippen LogP contribution in [0, 0.1) is 0 Å². The number of carbonyl (C=O) groups excluding carboxylic acids is 1. The van der Waals surface area contributed by atoms with E-state index >= 15 is 0 Å². The highest BCUT2D eigenvalue weighted by Gasteiger charge is 2.19. The number of rotatable bonds is 8. The standard InChI is InChI=1S/C18H22N6OS2/c1-12(2)24-15(9-10-20-24)21-16(25)13(3)26-18-23-22-17(27-18)19-11-14-7-5-4-6-8-14/h4-10,12-13H,11H2,1-3H3,(H,19,22)(H,21,25)/t13-/m0/s1. The van der Waals surface area contributed by atoms with E-state index in [2.05, 4.69) is 38.1 Å². The van der Waals surface area contributed by atoms with Crippen LogP contribution in [0.5, 0.6) is 0 Å². The summed E-state index contributed by atoms with van der Waals surface area (Å²) in [6.45, 7) is 6.59. The van der Waals surface area contributed by atoms with Gasteiger partial charge in [-0.1, -0.05) is 53.4 Å². The largest absolute Gasteiger partial charge is 0.356 e. The van der Waals surface area contributed by atoms with E-state index < -0.39 is 0 Å². The first-order valence-corrected chi connectivity index (χ1v) is 10.3. The second-order valence-corrected chi connectivity index (χ2v) is 8.78. The average molecular weight is 403 g/mol. The second-order valence-electron chi connectivity index (χ2n) is 6.22. The van der Waals surface area contributed by atoms with Crippen LogP contribution < -0.4 is 10.6 Å². The lowest BCUT2D eigenvalue weighted by molar-refractivity contribution is -0.115. The molecule has 142 valence electrons. The van der Waals surface area contributed by atoms with Gasteiger partial charge in [0, 0.05) is 18.7 Å². The van der Waals surface area contributed by atoms with Gasteiger partial charge in [0.15, 0.2) is 4.34 Å². The maximum atomic E-state index is 12.5. The van der Waals surface area contributed by atoms with Crippen molar-refractivity contribution in [3.8, 4) is 0 Å². The number of thioether (sulfide) groups is 1. The molecule has 0 saturated carbocycles. The van der Waals surface area contributed by atoms with E-state index in [0.29, 0.717) is 12.4 Å². The van der Waals surface area contributed by atoms with Crippen LogP contribution in [0.4, 0.5) is 10.9 Å². The van der Waals surface area contributed by atoms with E-state index in [1.807, 2.05) is 39.0 Å². The molecule has 27 heavy (non-hydrogen) atoms. The number of nitrogens with one attached hydrogen (secondary N) is 2. The van der Waals surface area contributed by atoms with E-state index in [-0.39, 0.29) is 17.2 Å². The fourth-order valence-corrected chi connectivity index (χ4v) is 4.25. The lowest BCUT2D eigenvalue weighted by Crippen LogP contribution is -2.24. The monoisotopic (exact) mass is 402 g/mol. The van der Waals surface area contributed by atoms with Gasteiger partial charge < -0.3 is 10.6 Å². The predicted molar refractivity (Wildman–Crippen MR) is 110 cm³/mol. The van der Waals surface area contributed by atoms with Crippen molar-refractivity contribution in [3.63, 3.8) is 0 Å². The molecule has 2 aromatic heterocycles. The third-order valence-electron chi connectivity index (χ3n) is 3.75. The molecule has 0 bridgehead atoms. The second kappa shape index (κ2) is 9.01. The molecule has 0 aliphatic heterocycles. The smallest absolute Gasteiger partial charge is 0.238 e. The minimum absolute atomic E-state index is 0.0867. The van der Waals surface area contributed by atoms with Crippen LogP contribution >= 0.6 is 23.1 Å². The average Bonchev–Trinajstić information content (AvgIpc) is 3.30. The minimum Gasteiger partial charge on any atom is -0.356 e. The van der Waals surface area contributed by atoms with Crippen molar-refractivity contribution < 1.29 is 4.79 Å². The van der Waals surface area contributed by atoms with Gasteiger partial charge >= 0.3 is 0 Å². The van der Waals surface area contributed by atoms with Gasteiger partial charge in [0.2, 0.25) is 11.0 Å². The Morgan fingerprint density at radius 2 is 1.96 bits per heavy atom. The molecule has 3 rings (SSSR count). The number of hydrogen-bond acceptors (Lipinski definition) is 7. The van der Waals surface area contributed by atoms with Gasteiger partial charge in [-0.05, 0) is 26.3 Å². The Morgan fingerprint density at radius 3 is 2.70 bits per heavy atom. The van der Waals surface area contributed by atoms with Crippen LogP contribution in [0.15, 0.2) is 46.9 Å². The number of nitrogens with zero attached hydrogens (tertiary/aromatic N) is 4. The number of amides is 1. The zero-order valence-electron chi connectivity index (χ0n) is 15.4. The van der Waals surface area contributed by atoms with Crippen LogP contribution in [-0.2, 0) is 11.3 Å². The number of benzene rings is 1. The summed E-state index contributed by atoms with van der Waals surface area (Å²) in [5.41, 5.74) is 1.18. The maximum Gasteiger partial charge on any atom is 0.238 e. The molecule has 0 spiro atoms. The van der Waals surface area contributed by atoms with Crippen LogP contribution in [0.25, 0.3) is 0 Å². The van der Waals surface area contributed by atoms with Crippen LogP contribution in [0.3, 0.4) is 0 Å². The molecular weight excluding hydrogens is 380 g/mol. The number of aromatic nitrogens is 4. The van der Waals surface area contributed by atoms with Crippen molar-refractivity contribution in [1.29, 1.82) is 0 Å². The predicted octanol–water partition coefficient (Wildman–Crippen LogP) is 4.05. The molecule has 0 unspecified atom stereocenters. The molecule has 1 aromatic carbocycles. The molecule has 1 atom stereocenters. The first-order valence-electron chi connectivity index (χ1n) is 8.65.